The van der Waals surface area contributed by atoms with Crippen molar-refractivity contribution in [1.29, 1.82) is 0 Å². The first-order valence-corrected chi connectivity index (χ1v) is 10.2. The molecule has 3 aromatic rings. The van der Waals surface area contributed by atoms with Gasteiger partial charge in [0.25, 0.3) is 5.89 Å². The van der Waals surface area contributed by atoms with Gasteiger partial charge in [0.2, 0.25) is 5.82 Å². The fourth-order valence-corrected chi connectivity index (χ4v) is 5.49. The second-order valence-electron chi connectivity index (χ2n) is 5.81. The molecule has 0 radical (unpaired) electrons. The molecule has 4 nitrogen and oxygen atoms in total. The highest BCUT2D eigenvalue weighted by atomic mass is 32.2. The van der Waals surface area contributed by atoms with Crippen LogP contribution in [0.4, 0.5) is 0 Å². The molecular weight excluding hydrogens is 352 g/mol. The number of hydrogen-bond donors (Lipinski definition) is 0. The van der Waals surface area contributed by atoms with Crippen molar-refractivity contribution >= 4 is 23.5 Å². The molecular formula is C19H18N2O2S2. The summed E-state index contributed by atoms with van der Waals surface area (Å²) in [6.45, 7) is 2.31. The van der Waals surface area contributed by atoms with E-state index in [1.807, 2.05) is 66.8 Å². The van der Waals surface area contributed by atoms with Crippen molar-refractivity contribution in [2.45, 2.75) is 18.1 Å². The van der Waals surface area contributed by atoms with Crippen molar-refractivity contribution in [2.75, 3.05) is 11.5 Å². The maximum atomic E-state index is 5.77. The molecule has 0 aliphatic carbocycles. The third kappa shape index (κ3) is 4.02. The van der Waals surface area contributed by atoms with Crippen LogP contribution in [0.5, 0.6) is 5.75 Å². The zero-order valence-electron chi connectivity index (χ0n) is 13.8. The molecule has 0 unspecified atom stereocenters. The molecule has 2 heterocycles. The Hall–Kier alpha value is -1.92. The van der Waals surface area contributed by atoms with Crippen molar-refractivity contribution in [3.8, 4) is 17.1 Å². The Labute approximate surface area is 155 Å². The molecule has 1 aliphatic rings. The highest BCUT2D eigenvalue weighted by Gasteiger charge is 2.18. The van der Waals surface area contributed by atoms with E-state index in [4.69, 9.17) is 9.26 Å². The number of hydrogen-bond acceptors (Lipinski definition) is 6. The lowest BCUT2D eigenvalue weighted by Gasteiger charge is -2.09. The molecule has 0 atom stereocenters. The average molecular weight is 370 g/mol. The van der Waals surface area contributed by atoms with Crippen LogP contribution in [0.1, 0.15) is 21.6 Å². The van der Waals surface area contributed by atoms with Gasteiger partial charge in [0, 0.05) is 17.1 Å². The fraction of sp³-hybridized carbons (Fsp3) is 0.263. The van der Waals surface area contributed by atoms with Gasteiger partial charge in [-0.3, -0.25) is 0 Å². The van der Waals surface area contributed by atoms with Crippen LogP contribution < -0.4 is 4.74 Å². The second kappa shape index (κ2) is 7.54. The van der Waals surface area contributed by atoms with Gasteiger partial charge in [-0.05, 0) is 30.7 Å². The molecule has 4 rings (SSSR count). The van der Waals surface area contributed by atoms with Crippen molar-refractivity contribution in [2.24, 2.45) is 0 Å². The monoisotopic (exact) mass is 370 g/mol. The lowest BCUT2D eigenvalue weighted by molar-refractivity contribution is 0.243. The Morgan fingerprint density at radius 2 is 1.92 bits per heavy atom. The number of benzene rings is 2. The van der Waals surface area contributed by atoms with Crippen LogP contribution in [0.2, 0.25) is 0 Å². The summed E-state index contributed by atoms with van der Waals surface area (Å²) in [5, 5.41) is 4.03. The van der Waals surface area contributed by atoms with Gasteiger partial charge in [-0.1, -0.05) is 41.1 Å². The van der Waals surface area contributed by atoms with Gasteiger partial charge in [0.1, 0.15) is 5.75 Å². The third-order valence-corrected chi connectivity index (χ3v) is 6.99. The van der Waals surface area contributed by atoms with Crippen LogP contribution in [0.3, 0.4) is 0 Å². The van der Waals surface area contributed by atoms with E-state index in [2.05, 4.69) is 22.3 Å². The average Bonchev–Trinajstić information content (AvgIpc) is 3.32. The minimum absolute atomic E-state index is 0.269. The summed E-state index contributed by atoms with van der Waals surface area (Å²) in [4.78, 5) is 4.41. The second-order valence-corrected chi connectivity index (χ2v) is 8.54. The SMILES string of the molecule is Cc1cccc(-c2noc(COc3ccc(C4SCCS4)cc3)n2)c1. The number of ether oxygens (including phenoxy) is 1. The van der Waals surface area contributed by atoms with E-state index in [0.29, 0.717) is 16.3 Å². The van der Waals surface area contributed by atoms with E-state index in [1.165, 1.54) is 22.6 Å². The topological polar surface area (TPSA) is 48.2 Å². The maximum Gasteiger partial charge on any atom is 0.264 e. The molecule has 0 saturated carbocycles. The molecule has 1 aliphatic heterocycles. The smallest absolute Gasteiger partial charge is 0.264 e. The number of thioether (sulfide) groups is 2. The van der Waals surface area contributed by atoms with Crippen LogP contribution in [0.15, 0.2) is 53.1 Å². The molecule has 0 spiro atoms. The molecule has 1 saturated heterocycles. The summed E-state index contributed by atoms with van der Waals surface area (Å²) in [6, 6.07) is 16.3. The summed E-state index contributed by atoms with van der Waals surface area (Å²) in [6.07, 6.45) is 0. The van der Waals surface area contributed by atoms with Gasteiger partial charge >= 0.3 is 0 Å². The van der Waals surface area contributed by atoms with E-state index in [1.54, 1.807) is 0 Å². The summed E-state index contributed by atoms with van der Waals surface area (Å²) < 4.78 is 11.6. The molecule has 6 heteroatoms. The van der Waals surface area contributed by atoms with Crippen molar-refractivity contribution in [1.82, 2.24) is 10.1 Å². The first-order valence-electron chi connectivity index (χ1n) is 8.13. The van der Waals surface area contributed by atoms with E-state index in [0.717, 1.165) is 11.3 Å². The number of aromatic nitrogens is 2. The molecule has 128 valence electrons. The summed E-state index contributed by atoms with van der Waals surface area (Å²) in [7, 11) is 0. The molecule has 0 amide bonds. The first-order chi connectivity index (χ1) is 12.3. The van der Waals surface area contributed by atoms with Gasteiger partial charge in [-0.2, -0.15) is 4.98 Å². The van der Waals surface area contributed by atoms with Crippen molar-refractivity contribution in [3.63, 3.8) is 0 Å². The van der Waals surface area contributed by atoms with Crippen LogP contribution in [0.25, 0.3) is 11.4 Å². The van der Waals surface area contributed by atoms with E-state index >= 15 is 0 Å². The summed E-state index contributed by atoms with van der Waals surface area (Å²) in [5.74, 6) is 4.34. The van der Waals surface area contributed by atoms with Gasteiger partial charge in [0.15, 0.2) is 6.61 Å². The standard InChI is InChI=1S/C19H18N2O2S2/c1-13-3-2-4-15(11-13)18-20-17(23-21-18)12-22-16-7-5-14(6-8-16)19-24-9-10-25-19/h2-8,11,19H,9-10,12H2,1H3. The molecule has 0 N–H and O–H groups in total. The zero-order chi connectivity index (χ0) is 17.1. The van der Waals surface area contributed by atoms with Crippen LogP contribution in [-0.4, -0.2) is 21.6 Å². The summed E-state index contributed by atoms with van der Waals surface area (Å²) >= 11 is 4.00. The fourth-order valence-electron chi connectivity index (χ4n) is 2.63. The predicted molar refractivity (Wildman–Crippen MR) is 103 cm³/mol. The van der Waals surface area contributed by atoms with Gasteiger partial charge < -0.3 is 9.26 Å². The van der Waals surface area contributed by atoms with Gasteiger partial charge in [-0.25, -0.2) is 0 Å². The van der Waals surface area contributed by atoms with Crippen LogP contribution in [-0.2, 0) is 6.61 Å². The minimum atomic E-state index is 0.269. The van der Waals surface area contributed by atoms with E-state index in [9.17, 15) is 0 Å². The summed E-state index contributed by atoms with van der Waals surface area (Å²) in [5.41, 5.74) is 3.46. The number of aryl methyl sites for hydroxylation is 1. The quantitative estimate of drug-likeness (QED) is 0.622. The highest BCUT2D eigenvalue weighted by Crippen LogP contribution is 2.45. The van der Waals surface area contributed by atoms with Gasteiger partial charge in [0.05, 0.1) is 4.58 Å². The lowest BCUT2D eigenvalue weighted by Crippen LogP contribution is -1.96. The lowest BCUT2D eigenvalue weighted by atomic mass is 10.1. The normalized spacial score (nSPS) is 14.8. The maximum absolute atomic E-state index is 5.77. The van der Waals surface area contributed by atoms with Gasteiger partial charge in [-0.15, -0.1) is 23.5 Å². The Kier molecular flexibility index (Phi) is 4.99. The minimum Gasteiger partial charge on any atom is -0.484 e. The zero-order valence-corrected chi connectivity index (χ0v) is 15.5. The molecule has 0 bridgehead atoms. The predicted octanol–water partition coefficient (Wildman–Crippen LogP) is 5.10. The molecule has 1 aromatic heterocycles. The molecule has 2 aromatic carbocycles. The largest absolute Gasteiger partial charge is 0.484 e. The Bertz CT molecular complexity index is 843. The Morgan fingerprint density at radius 1 is 1.12 bits per heavy atom. The molecule has 1 fully saturated rings. The highest BCUT2D eigenvalue weighted by molar-refractivity contribution is 8.19. The Balaban J connectivity index is 1.38. The van der Waals surface area contributed by atoms with Crippen molar-refractivity contribution in [3.05, 3.63) is 65.5 Å². The molecule has 25 heavy (non-hydrogen) atoms. The third-order valence-electron chi connectivity index (χ3n) is 3.88. The Morgan fingerprint density at radius 3 is 2.68 bits per heavy atom. The van der Waals surface area contributed by atoms with Crippen LogP contribution in [0, 0.1) is 6.92 Å². The van der Waals surface area contributed by atoms with Crippen molar-refractivity contribution < 1.29 is 9.26 Å². The number of nitrogens with zero attached hydrogens (tertiary/aromatic N) is 2. The first kappa shape index (κ1) is 16.5. The van der Waals surface area contributed by atoms with Crippen LogP contribution >= 0.6 is 23.5 Å². The number of rotatable bonds is 5. The van der Waals surface area contributed by atoms with E-state index in [-0.39, 0.29) is 6.61 Å². The van der Waals surface area contributed by atoms with E-state index < -0.39 is 0 Å².